The van der Waals surface area contributed by atoms with Gasteiger partial charge in [0.05, 0.1) is 24.8 Å². The molecule has 0 unspecified atom stereocenters. The zero-order valence-corrected chi connectivity index (χ0v) is 18.4. The van der Waals surface area contributed by atoms with Crippen LogP contribution in [-0.4, -0.2) is 45.0 Å². The minimum absolute atomic E-state index is 0.0821. The smallest absolute Gasteiger partial charge is 0.233 e. The number of thioether (sulfide) groups is 1. The fourth-order valence-electron chi connectivity index (χ4n) is 3.89. The lowest BCUT2D eigenvalue weighted by Crippen LogP contribution is -2.37. The third-order valence-corrected chi connectivity index (χ3v) is 6.42. The van der Waals surface area contributed by atoms with E-state index >= 15 is 0 Å². The fourth-order valence-corrected chi connectivity index (χ4v) is 4.73. The van der Waals surface area contributed by atoms with Crippen molar-refractivity contribution < 1.29 is 13.9 Å². The van der Waals surface area contributed by atoms with Crippen LogP contribution in [0, 0.1) is 0 Å². The molecule has 0 spiro atoms. The Morgan fingerprint density at radius 1 is 1.06 bits per heavy atom. The second kappa shape index (κ2) is 8.92. The van der Waals surface area contributed by atoms with Crippen molar-refractivity contribution in [3.63, 3.8) is 0 Å². The van der Waals surface area contributed by atoms with Gasteiger partial charge in [-0.2, -0.15) is 0 Å². The maximum atomic E-state index is 13.0. The van der Waals surface area contributed by atoms with Crippen LogP contribution in [0.3, 0.4) is 0 Å². The molecule has 0 saturated carbocycles. The van der Waals surface area contributed by atoms with Crippen molar-refractivity contribution in [3.8, 4) is 23.0 Å². The van der Waals surface area contributed by atoms with Gasteiger partial charge in [-0.1, -0.05) is 48.2 Å². The Labute approximate surface area is 190 Å². The van der Waals surface area contributed by atoms with Crippen LogP contribution < -0.4 is 4.74 Å². The number of para-hydroxylation sites is 2. The summed E-state index contributed by atoms with van der Waals surface area (Å²) in [5.74, 6) is 2.18. The number of ether oxygens (including phenoxy) is 1. The van der Waals surface area contributed by atoms with Crippen molar-refractivity contribution in [2.75, 3.05) is 19.4 Å². The van der Waals surface area contributed by atoms with Gasteiger partial charge in [0.1, 0.15) is 5.75 Å². The van der Waals surface area contributed by atoms with Crippen molar-refractivity contribution in [2.24, 2.45) is 0 Å². The summed E-state index contributed by atoms with van der Waals surface area (Å²) < 4.78 is 13.0. The number of benzene rings is 2. The van der Waals surface area contributed by atoms with E-state index in [1.165, 1.54) is 22.9 Å². The molecular weight excluding hydrogens is 424 g/mol. The standard InChI is InChI=1S/C24H22N4O3S/c1-30-20-10-5-4-9-19(20)28-23(21-11-6-14-31-21)25-26-24(28)32-16-22(29)27-13-12-17-7-2-3-8-18(17)15-27/h2-11,14H,12-13,15-16H2,1H3. The van der Waals surface area contributed by atoms with Crippen LogP contribution in [0.25, 0.3) is 17.3 Å². The molecular formula is C24H22N4O3S. The monoisotopic (exact) mass is 446 g/mol. The Bertz CT molecular complexity index is 1240. The molecule has 0 radical (unpaired) electrons. The van der Waals surface area contributed by atoms with Crippen LogP contribution in [0.1, 0.15) is 11.1 Å². The normalized spacial score (nSPS) is 13.1. The van der Waals surface area contributed by atoms with Gasteiger partial charge < -0.3 is 14.1 Å². The highest BCUT2D eigenvalue weighted by Crippen LogP contribution is 2.33. The first-order chi connectivity index (χ1) is 15.7. The molecule has 1 aliphatic heterocycles. The molecule has 0 bridgehead atoms. The van der Waals surface area contributed by atoms with E-state index in [0.717, 1.165) is 18.7 Å². The maximum Gasteiger partial charge on any atom is 0.233 e. The van der Waals surface area contributed by atoms with E-state index in [1.54, 1.807) is 19.4 Å². The average Bonchev–Trinajstić information content (AvgIpc) is 3.52. The SMILES string of the molecule is COc1ccccc1-n1c(SCC(=O)N2CCc3ccccc3C2)nnc1-c1ccco1. The summed E-state index contributed by atoms with van der Waals surface area (Å²) in [6, 6.07) is 19.6. The van der Waals surface area contributed by atoms with Gasteiger partial charge in [0.15, 0.2) is 10.9 Å². The lowest BCUT2D eigenvalue weighted by atomic mass is 10.00. The van der Waals surface area contributed by atoms with E-state index in [4.69, 9.17) is 9.15 Å². The van der Waals surface area contributed by atoms with Crippen LogP contribution in [0.15, 0.2) is 76.5 Å². The summed E-state index contributed by atoms with van der Waals surface area (Å²) in [5, 5.41) is 9.32. The van der Waals surface area contributed by atoms with E-state index < -0.39 is 0 Å². The summed E-state index contributed by atoms with van der Waals surface area (Å²) in [5.41, 5.74) is 3.32. The van der Waals surface area contributed by atoms with Crippen LogP contribution in [0.4, 0.5) is 0 Å². The lowest BCUT2D eigenvalue weighted by Gasteiger charge is -2.28. The zero-order valence-electron chi connectivity index (χ0n) is 17.6. The van der Waals surface area contributed by atoms with Crippen LogP contribution in [0.2, 0.25) is 0 Å². The average molecular weight is 447 g/mol. The molecule has 2 aromatic heterocycles. The lowest BCUT2D eigenvalue weighted by molar-refractivity contribution is -0.129. The predicted molar refractivity (Wildman–Crippen MR) is 122 cm³/mol. The molecule has 0 saturated heterocycles. The number of rotatable bonds is 6. The van der Waals surface area contributed by atoms with Crippen molar-refractivity contribution >= 4 is 17.7 Å². The topological polar surface area (TPSA) is 73.4 Å². The molecule has 0 aliphatic carbocycles. The summed E-state index contributed by atoms with van der Waals surface area (Å²) in [7, 11) is 1.63. The minimum Gasteiger partial charge on any atom is -0.495 e. The van der Waals surface area contributed by atoms with Gasteiger partial charge in [0.2, 0.25) is 11.7 Å². The molecule has 4 aromatic rings. The van der Waals surface area contributed by atoms with Crippen LogP contribution in [0.5, 0.6) is 5.75 Å². The number of hydrogen-bond acceptors (Lipinski definition) is 6. The number of nitrogens with zero attached hydrogens (tertiary/aromatic N) is 4. The first kappa shape index (κ1) is 20.4. The highest BCUT2D eigenvalue weighted by atomic mass is 32.2. The van der Waals surface area contributed by atoms with E-state index in [9.17, 15) is 4.79 Å². The number of fused-ring (bicyclic) bond motifs is 1. The molecule has 162 valence electrons. The molecule has 32 heavy (non-hydrogen) atoms. The Morgan fingerprint density at radius 2 is 1.88 bits per heavy atom. The first-order valence-electron chi connectivity index (χ1n) is 10.3. The largest absolute Gasteiger partial charge is 0.495 e. The highest BCUT2D eigenvalue weighted by Gasteiger charge is 2.24. The van der Waals surface area contributed by atoms with Gasteiger partial charge in [0.25, 0.3) is 0 Å². The summed E-state index contributed by atoms with van der Waals surface area (Å²) >= 11 is 1.36. The van der Waals surface area contributed by atoms with E-state index in [-0.39, 0.29) is 11.7 Å². The molecule has 0 atom stereocenters. The molecule has 7 nitrogen and oxygen atoms in total. The van der Waals surface area contributed by atoms with E-state index in [0.29, 0.717) is 29.0 Å². The Morgan fingerprint density at radius 3 is 2.69 bits per heavy atom. The number of aromatic nitrogens is 3. The minimum atomic E-state index is 0.0821. The van der Waals surface area contributed by atoms with Gasteiger partial charge in [-0.25, -0.2) is 0 Å². The third kappa shape index (κ3) is 3.89. The van der Waals surface area contributed by atoms with Crippen molar-refractivity contribution in [1.82, 2.24) is 19.7 Å². The molecule has 8 heteroatoms. The molecule has 2 aromatic carbocycles. The Kier molecular flexibility index (Phi) is 5.68. The highest BCUT2D eigenvalue weighted by molar-refractivity contribution is 7.99. The molecule has 3 heterocycles. The number of hydrogen-bond donors (Lipinski definition) is 0. The van der Waals surface area contributed by atoms with Gasteiger partial charge >= 0.3 is 0 Å². The van der Waals surface area contributed by atoms with Gasteiger partial charge in [0, 0.05) is 13.1 Å². The number of methoxy groups -OCH3 is 1. The maximum absolute atomic E-state index is 13.0. The van der Waals surface area contributed by atoms with Crippen LogP contribution >= 0.6 is 11.8 Å². The van der Waals surface area contributed by atoms with E-state index in [1.807, 2.05) is 51.9 Å². The number of furan rings is 1. The number of amides is 1. The van der Waals surface area contributed by atoms with Crippen molar-refractivity contribution in [2.45, 2.75) is 18.1 Å². The second-order valence-electron chi connectivity index (χ2n) is 7.41. The number of carbonyl (C=O) groups excluding carboxylic acids is 1. The summed E-state index contributed by atoms with van der Waals surface area (Å²) in [6.45, 7) is 1.37. The quantitative estimate of drug-likeness (QED) is 0.413. The zero-order chi connectivity index (χ0) is 21.9. The molecule has 1 aliphatic rings. The molecule has 0 fully saturated rings. The molecule has 5 rings (SSSR count). The van der Waals surface area contributed by atoms with Crippen molar-refractivity contribution in [3.05, 3.63) is 78.1 Å². The number of carbonyl (C=O) groups is 1. The van der Waals surface area contributed by atoms with Gasteiger partial charge in [-0.15, -0.1) is 10.2 Å². The van der Waals surface area contributed by atoms with E-state index in [2.05, 4.69) is 22.3 Å². The third-order valence-electron chi connectivity index (χ3n) is 5.51. The summed E-state index contributed by atoms with van der Waals surface area (Å²) in [6.07, 6.45) is 2.48. The Hall–Kier alpha value is -3.52. The predicted octanol–water partition coefficient (Wildman–Crippen LogP) is 4.21. The summed E-state index contributed by atoms with van der Waals surface area (Å²) in [4.78, 5) is 14.9. The first-order valence-corrected chi connectivity index (χ1v) is 11.3. The molecule has 1 amide bonds. The molecule has 0 N–H and O–H groups in total. The second-order valence-corrected chi connectivity index (χ2v) is 8.36. The van der Waals surface area contributed by atoms with Gasteiger partial charge in [-0.3, -0.25) is 9.36 Å². The fraction of sp³-hybridized carbons (Fsp3) is 0.208. The van der Waals surface area contributed by atoms with Gasteiger partial charge in [-0.05, 0) is 41.8 Å². The van der Waals surface area contributed by atoms with Crippen molar-refractivity contribution in [1.29, 1.82) is 0 Å². The Balaban J connectivity index is 1.40. The van der Waals surface area contributed by atoms with Crippen LogP contribution in [-0.2, 0) is 17.8 Å².